The van der Waals surface area contributed by atoms with E-state index >= 15 is 0 Å². The number of nitrogen functional groups attached to an aromatic ring is 1. The van der Waals surface area contributed by atoms with E-state index in [0.717, 1.165) is 37.6 Å². The molecule has 0 spiro atoms. The molecule has 122 valence electrons. The van der Waals surface area contributed by atoms with Crippen LogP contribution >= 0.6 is 11.8 Å². The van der Waals surface area contributed by atoms with E-state index in [1.807, 2.05) is 6.07 Å². The number of benzene rings is 1. The van der Waals surface area contributed by atoms with Crippen molar-refractivity contribution in [3.05, 3.63) is 41.5 Å². The van der Waals surface area contributed by atoms with Crippen molar-refractivity contribution in [2.75, 3.05) is 24.2 Å². The van der Waals surface area contributed by atoms with Gasteiger partial charge in [0.15, 0.2) is 5.16 Å². The van der Waals surface area contributed by atoms with Crippen molar-refractivity contribution in [1.82, 2.24) is 9.97 Å². The highest BCUT2D eigenvalue weighted by Crippen LogP contribution is 2.23. The number of rotatable bonds is 6. The Morgan fingerprint density at radius 2 is 2.22 bits per heavy atom. The molecule has 2 aromatic rings. The minimum atomic E-state index is 0.272. The van der Waals surface area contributed by atoms with Crippen molar-refractivity contribution in [3.8, 4) is 0 Å². The molecule has 1 fully saturated rings. The number of thioether (sulfide) groups is 1. The molecule has 0 aliphatic carbocycles. The minimum Gasteiger partial charge on any atom is -0.383 e. The number of nitrogens with two attached hydrogens (primary N) is 1. The van der Waals surface area contributed by atoms with Crippen molar-refractivity contribution in [2.45, 2.75) is 36.8 Å². The van der Waals surface area contributed by atoms with Gasteiger partial charge in [0, 0.05) is 25.0 Å². The van der Waals surface area contributed by atoms with Gasteiger partial charge in [0.25, 0.3) is 0 Å². The predicted octanol–water partition coefficient (Wildman–Crippen LogP) is 3.25. The second kappa shape index (κ2) is 7.66. The number of hydrogen-bond acceptors (Lipinski definition) is 6. The fourth-order valence-electron chi connectivity index (χ4n) is 2.54. The Hall–Kier alpha value is -1.79. The highest BCUT2D eigenvalue weighted by molar-refractivity contribution is 7.98. The van der Waals surface area contributed by atoms with Crippen LogP contribution < -0.4 is 11.1 Å². The van der Waals surface area contributed by atoms with Gasteiger partial charge in [-0.25, -0.2) is 9.97 Å². The number of ether oxygens (including phenoxy) is 1. The summed E-state index contributed by atoms with van der Waals surface area (Å²) in [6.07, 6.45) is 2.51. The van der Waals surface area contributed by atoms with Gasteiger partial charge in [-0.05, 0) is 30.9 Å². The molecular formula is C17H22N4OS. The van der Waals surface area contributed by atoms with Crippen molar-refractivity contribution in [3.63, 3.8) is 0 Å². The average molecular weight is 330 g/mol. The summed E-state index contributed by atoms with van der Waals surface area (Å²) in [6.45, 7) is 3.73. The zero-order chi connectivity index (χ0) is 16.1. The van der Waals surface area contributed by atoms with Crippen molar-refractivity contribution >= 4 is 23.4 Å². The molecule has 0 radical (unpaired) electrons. The lowest BCUT2D eigenvalue weighted by molar-refractivity contribution is 0.120. The summed E-state index contributed by atoms with van der Waals surface area (Å²) in [5, 5.41) is 4.01. The predicted molar refractivity (Wildman–Crippen MR) is 94.6 cm³/mol. The highest BCUT2D eigenvalue weighted by Gasteiger charge is 2.15. The third-order valence-electron chi connectivity index (χ3n) is 3.88. The molecule has 1 aromatic heterocycles. The summed E-state index contributed by atoms with van der Waals surface area (Å²) in [5.41, 5.74) is 8.47. The molecule has 2 heterocycles. The normalized spacial score (nSPS) is 17.3. The Kier molecular flexibility index (Phi) is 5.35. The van der Waals surface area contributed by atoms with E-state index in [0.29, 0.717) is 11.0 Å². The summed E-state index contributed by atoms with van der Waals surface area (Å²) in [5.74, 6) is 2.09. The largest absolute Gasteiger partial charge is 0.383 e. The zero-order valence-electron chi connectivity index (χ0n) is 13.3. The third-order valence-corrected chi connectivity index (χ3v) is 4.77. The Balaban J connectivity index is 1.61. The maximum absolute atomic E-state index is 5.91. The van der Waals surface area contributed by atoms with E-state index in [9.17, 15) is 0 Å². The lowest BCUT2D eigenvalue weighted by atomic mass is 10.1. The van der Waals surface area contributed by atoms with Gasteiger partial charge in [-0.1, -0.05) is 36.0 Å². The number of aryl methyl sites for hydroxylation is 1. The fourth-order valence-corrected chi connectivity index (χ4v) is 3.48. The van der Waals surface area contributed by atoms with Crippen molar-refractivity contribution in [2.24, 2.45) is 0 Å². The zero-order valence-corrected chi connectivity index (χ0v) is 14.1. The molecule has 1 saturated heterocycles. The Morgan fingerprint density at radius 1 is 1.35 bits per heavy atom. The minimum absolute atomic E-state index is 0.272. The maximum Gasteiger partial charge on any atom is 0.191 e. The van der Waals surface area contributed by atoms with Gasteiger partial charge in [-0.3, -0.25) is 0 Å². The molecule has 1 aliphatic rings. The highest BCUT2D eigenvalue weighted by atomic mass is 32.2. The Labute approximate surface area is 141 Å². The van der Waals surface area contributed by atoms with E-state index in [4.69, 9.17) is 10.5 Å². The topological polar surface area (TPSA) is 73.1 Å². The van der Waals surface area contributed by atoms with Crippen molar-refractivity contribution < 1.29 is 4.74 Å². The van der Waals surface area contributed by atoms with Gasteiger partial charge in [-0.2, -0.15) is 0 Å². The number of nitrogens with zero attached hydrogens (tertiary/aromatic N) is 2. The van der Waals surface area contributed by atoms with Gasteiger partial charge in [0.05, 0.1) is 6.10 Å². The van der Waals surface area contributed by atoms with Gasteiger partial charge in [0.2, 0.25) is 0 Å². The SMILES string of the molecule is Cc1ccccc1CSc1nc(N)cc(NCC2CCCO2)n1. The van der Waals surface area contributed by atoms with E-state index in [1.54, 1.807) is 17.8 Å². The van der Waals surface area contributed by atoms with Crippen LogP contribution in [0.15, 0.2) is 35.5 Å². The number of hydrogen-bond donors (Lipinski definition) is 2. The van der Waals surface area contributed by atoms with E-state index in [1.165, 1.54) is 11.1 Å². The molecule has 1 aromatic carbocycles. The van der Waals surface area contributed by atoms with Crippen LogP contribution in [0.1, 0.15) is 24.0 Å². The van der Waals surface area contributed by atoms with Crippen LogP contribution in [-0.2, 0) is 10.5 Å². The first kappa shape index (κ1) is 16.1. The van der Waals surface area contributed by atoms with Crippen LogP contribution in [0.4, 0.5) is 11.6 Å². The second-order valence-electron chi connectivity index (χ2n) is 5.69. The van der Waals surface area contributed by atoms with E-state index < -0.39 is 0 Å². The average Bonchev–Trinajstić information content (AvgIpc) is 3.05. The van der Waals surface area contributed by atoms with Gasteiger partial charge in [-0.15, -0.1) is 0 Å². The second-order valence-corrected chi connectivity index (χ2v) is 6.63. The van der Waals surface area contributed by atoms with Crippen LogP contribution in [0.25, 0.3) is 0 Å². The number of nitrogens with one attached hydrogen (secondary N) is 1. The standard InChI is InChI=1S/C17H22N4OS/c1-12-5-2-3-6-13(12)11-23-17-20-15(18)9-16(21-17)19-10-14-7-4-8-22-14/h2-3,5-6,9,14H,4,7-8,10-11H2,1H3,(H3,18,19,20,21). The molecule has 23 heavy (non-hydrogen) atoms. The van der Waals surface area contributed by atoms with Crippen LogP contribution in [0, 0.1) is 6.92 Å². The van der Waals surface area contributed by atoms with Crippen LogP contribution in [0.2, 0.25) is 0 Å². The number of aromatic nitrogens is 2. The quantitative estimate of drug-likeness (QED) is 0.626. The molecular weight excluding hydrogens is 308 g/mol. The van der Waals surface area contributed by atoms with E-state index in [2.05, 4.69) is 40.4 Å². The molecule has 3 N–H and O–H groups in total. The first-order valence-electron chi connectivity index (χ1n) is 7.88. The van der Waals surface area contributed by atoms with Crippen LogP contribution in [0.3, 0.4) is 0 Å². The third kappa shape index (κ3) is 4.59. The molecule has 0 amide bonds. The van der Waals surface area contributed by atoms with Crippen LogP contribution in [-0.4, -0.2) is 29.2 Å². The monoisotopic (exact) mass is 330 g/mol. The lowest BCUT2D eigenvalue weighted by Crippen LogP contribution is -2.19. The Morgan fingerprint density at radius 3 is 3.00 bits per heavy atom. The molecule has 3 rings (SSSR count). The summed E-state index contributed by atoms with van der Waals surface area (Å²) in [7, 11) is 0. The maximum atomic E-state index is 5.91. The van der Waals surface area contributed by atoms with Gasteiger partial charge in [0.1, 0.15) is 11.6 Å². The summed E-state index contributed by atoms with van der Waals surface area (Å²) < 4.78 is 5.61. The van der Waals surface area contributed by atoms with Crippen LogP contribution in [0.5, 0.6) is 0 Å². The summed E-state index contributed by atoms with van der Waals surface area (Å²) >= 11 is 1.60. The number of anilines is 2. The summed E-state index contributed by atoms with van der Waals surface area (Å²) in [4.78, 5) is 8.86. The molecule has 5 nitrogen and oxygen atoms in total. The fraction of sp³-hybridized carbons (Fsp3) is 0.412. The smallest absolute Gasteiger partial charge is 0.191 e. The first-order chi connectivity index (χ1) is 11.2. The molecule has 1 atom stereocenters. The molecule has 1 unspecified atom stereocenters. The van der Waals surface area contributed by atoms with E-state index in [-0.39, 0.29) is 6.10 Å². The molecule has 0 bridgehead atoms. The molecule has 0 saturated carbocycles. The lowest BCUT2D eigenvalue weighted by Gasteiger charge is -2.12. The Bertz CT molecular complexity index is 659. The molecule has 6 heteroatoms. The van der Waals surface area contributed by atoms with Crippen molar-refractivity contribution in [1.29, 1.82) is 0 Å². The summed E-state index contributed by atoms with van der Waals surface area (Å²) in [6, 6.07) is 10.1. The first-order valence-corrected chi connectivity index (χ1v) is 8.86. The molecule has 1 aliphatic heterocycles. The van der Waals surface area contributed by atoms with Gasteiger partial charge >= 0.3 is 0 Å². The van der Waals surface area contributed by atoms with Gasteiger partial charge < -0.3 is 15.8 Å².